The Morgan fingerprint density at radius 3 is 2.33 bits per heavy atom. The third-order valence-corrected chi connectivity index (χ3v) is 7.20. The van der Waals surface area contributed by atoms with Gasteiger partial charge in [0.05, 0.1) is 6.10 Å². The van der Waals surface area contributed by atoms with Crippen molar-refractivity contribution in [3.05, 3.63) is 77.7 Å². The molecule has 1 saturated carbocycles. The second-order valence-corrected chi connectivity index (χ2v) is 9.71. The Hall–Kier alpha value is -3.52. The van der Waals surface area contributed by atoms with Crippen molar-refractivity contribution in [2.45, 2.75) is 56.6 Å². The first-order valence-electron chi connectivity index (χ1n) is 12.7. The minimum atomic E-state index is -0.296. The van der Waals surface area contributed by atoms with Crippen molar-refractivity contribution in [2.75, 3.05) is 23.7 Å². The van der Waals surface area contributed by atoms with E-state index in [0.717, 1.165) is 55.5 Å². The number of aliphatic hydroxyl groups excluding tert-OH is 1. The van der Waals surface area contributed by atoms with Gasteiger partial charge in [0.25, 0.3) is 5.91 Å². The Morgan fingerprint density at radius 1 is 0.944 bits per heavy atom. The van der Waals surface area contributed by atoms with Crippen LogP contribution in [-0.4, -0.2) is 51.1 Å². The Morgan fingerprint density at radius 2 is 1.64 bits per heavy atom. The average molecular weight is 490 g/mol. The standard InChI is InChI=1S/C28H32FN5O2/c29-21-6-8-23(9-7-21)32-28-30-18-25(26(33-28)31-22-10-12-24(35)13-11-22)19-14-16-34(17-15-19)27(36)20-4-2-1-3-5-20/h1-9,18-19,22,24,35H,10-17H2,(H2,30,31,32,33). The van der Waals surface area contributed by atoms with Crippen LogP contribution in [-0.2, 0) is 0 Å². The monoisotopic (exact) mass is 489 g/mol. The third kappa shape index (κ3) is 5.82. The number of aliphatic hydroxyl groups is 1. The summed E-state index contributed by atoms with van der Waals surface area (Å²) >= 11 is 0. The highest BCUT2D eigenvalue weighted by atomic mass is 19.1. The number of halogens is 1. The molecule has 0 spiro atoms. The minimum Gasteiger partial charge on any atom is -0.393 e. The van der Waals surface area contributed by atoms with Crippen molar-refractivity contribution in [3.8, 4) is 0 Å². The van der Waals surface area contributed by atoms with Crippen LogP contribution in [0.4, 0.5) is 21.8 Å². The van der Waals surface area contributed by atoms with Gasteiger partial charge in [-0.05, 0) is 80.8 Å². The summed E-state index contributed by atoms with van der Waals surface area (Å²) < 4.78 is 13.3. The van der Waals surface area contributed by atoms with E-state index in [1.807, 2.05) is 41.4 Å². The number of nitrogens with one attached hydrogen (secondary N) is 2. The molecule has 3 N–H and O–H groups in total. The maximum atomic E-state index is 13.3. The molecule has 1 amide bonds. The van der Waals surface area contributed by atoms with Gasteiger partial charge in [0.1, 0.15) is 11.6 Å². The van der Waals surface area contributed by atoms with Gasteiger partial charge in [0.15, 0.2) is 0 Å². The van der Waals surface area contributed by atoms with E-state index in [4.69, 9.17) is 4.98 Å². The minimum absolute atomic E-state index is 0.0725. The predicted molar refractivity (Wildman–Crippen MR) is 138 cm³/mol. The van der Waals surface area contributed by atoms with E-state index in [9.17, 15) is 14.3 Å². The van der Waals surface area contributed by atoms with Crippen LogP contribution >= 0.6 is 0 Å². The van der Waals surface area contributed by atoms with E-state index < -0.39 is 0 Å². The van der Waals surface area contributed by atoms with E-state index in [1.165, 1.54) is 12.1 Å². The molecule has 188 valence electrons. The number of benzene rings is 2. The third-order valence-electron chi connectivity index (χ3n) is 7.20. The fourth-order valence-corrected chi connectivity index (χ4v) is 5.10. The Labute approximate surface area is 210 Å². The summed E-state index contributed by atoms with van der Waals surface area (Å²) in [4.78, 5) is 24.2. The Balaban J connectivity index is 1.32. The summed E-state index contributed by atoms with van der Waals surface area (Å²) in [7, 11) is 0. The first kappa shape index (κ1) is 24.2. The van der Waals surface area contributed by atoms with E-state index in [1.54, 1.807) is 12.1 Å². The molecule has 2 aliphatic rings. The van der Waals surface area contributed by atoms with Crippen LogP contribution in [0.1, 0.15) is 60.4 Å². The number of amides is 1. The molecular weight excluding hydrogens is 457 g/mol. The van der Waals surface area contributed by atoms with Gasteiger partial charge in [-0.1, -0.05) is 18.2 Å². The van der Waals surface area contributed by atoms with E-state index in [0.29, 0.717) is 24.7 Å². The lowest BCUT2D eigenvalue weighted by molar-refractivity contribution is 0.0713. The van der Waals surface area contributed by atoms with Gasteiger partial charge >= 0.3 is 0 Å². The maximum Gasteiger partial charge on any atom is 0.253 e. The second-order valence-electron chi connectivity index (χ2n) is 9.71. The van der Waals surface area contributed by atoms with Gasteiger partial charge in [0.2, 0.25) is 5.95 Å². The van der Waals surface area contributed by atoms with Crippen LogP contribution in [0, 0.1) is 5.82 Å². The summed E-state index contributed by atoms with van der Waals surface area (Å²) in [6, 6.07) is 15.8. The molecule has 36 heavy (non-hydrogen) atoms. The number of piperidine rings is 1. The van der Waals surface area contributed by atoms with E-state index >= 15 is 0 Å². The Bertz CT molecular complexity index is 1160. The molecule has 5 rings (SSSR count). The lowest BCUT2D eigenvalue weighted by Crippen LogP contribution is -2.38. The van der Waals surface area contributed by atoms with Gasteiger partial charge in [-0.15, -0.1) is 0 Å². The molecule has 1 saturated heterocycles. The number of carbonyl (C=O) groups is 1. The zero-order valence-corrected chi connectivity index (χ0v) is 20.2. The predicted octanol–water partition coefficient (Wildman–Crippen LogP) is 5.09. The summed E-state index contributed by atoms with van der Waals surface area (Å²) in [6.07, 6.45) is 6.64. The average Bonchev–Trinajstić information content (AvgIpc) is 2.92. The number of carbonyl (C=O) groups excluding carboxylic acids is 1. The van der Waals surface area contributed by atoms with Gasteiger partial charge in [-0.3, -0.25) is 4.79 Å². The molecule has 1 aromatic heterocycles. The number of hydrogen-bond acceptors (Lipinski definition) is 6. The highest BCUT2D eigenvalue weighted by molar-refractivity contribution is 5.94. The topological polar surface area (TPSA) is 90.4 Å². The van der Waals surface area contributed by atoms with Crippen LogP contribution in [0.3, 0.4) is 0 Å². The van der Waals surface area contributed by atoms with Crippen molar-refractivity contribution in [2.24, 2.45) is 0 Å². The van der Waals surface area contributed by atoms with Crippen molar-refractivity contribution in [1.82, 2.24) is 14.9 Å². The molecule has 2 aromatic carbocycles. The number of anilines is 3. The zero-order valence-electron chi connectivity index (χ0n) is 20.2. The number of aromatic nitrogens is 2. The number of hydrogen-bond donors (Lipinski definition) is 3. The SMILES string of the molecule is O=C(c1ccccc1)N1CCC(c2cnc(Nc3ccc(F)cc3)nc2NC2CCC(O)CC2)CC1. The van der Waals surface area contributed by atoms with Crippen molar-refractivity contribution < 1.29 is 14.3 Å². The second kappa shape index (κ2) is 11.0. The van der Waals surface area contributed by atoms with E-state index in [2.05, 4.69) is 15.6 Å². The maximum absolute atomic E-state index is 13.3. The van der Waals surface area contributed by atoms with Crippen LogP contribution in [0.15, 0.2) is 60.8 Å². The highest BCUT2D eigenvalue weighted by Crippen LogP contribution is 2.34. The molecule has 7 nitrogen and oxygen atoms in total. The molecule has 0 radical (unpaired) electrons. The van der Waals surface area contributed by atoms with Crippen molar-refractivity contribution in [3.63, 3.8) is 0 Å². The van der Waals surface area contributed by atoms with Crippen LogP contribution in [0.25, 0.3) is 0 Å². The molecule has 2 fully saturated rings. The normalized spacial score (nSPS) is 20.7. The first-order valence-corrected chi connectivity index (χ1v) is 12.7. The summed E-state index contributed by atoms with van der Waals surface area (Å²) in [5, 5.41) is 16.7. The molecule has 2 heterocycles. The molecule has 0 atom stereocenters. The smallest absolute Gasteiger partial charge is 0.253 e. The summed E-state index contributed by atoms with van der Waals surface area (Å²) in [6.45, 7) is 1.37. The lowest BCUT2D eigenvalue weighted by Gasteiger charge is -2.33. The molecule has 1 aliphatic heterocycles. The van der Waals surface area contributed by atoms with E-state index in [-0.39, 0.29) is 29.8 Å². The van der Waals surface area contributed by atoms with Crippen LogP contribution in [0.5, 0.6) is 0 Å². The zero-order chi connectivity index (χ0) is 24.9. The molecular formula is C28H32FN5O2. The molecule has 3 aromatic rings. The molecule has 0 unspecified atom stereocenters. The fourth-order valence-electron chi connectivity index (χ4n) is 5.10. The van der Waals surface area contributed by atoms with Gasteiger partial charge in [0, 0.05) is 42.1 Å². The van der Waals surface area contributed by atoms with Crippen molar-refractivity contribution >= 4 is 23.4 Å². The highest BCUT2D eigenvalue weighted by Gasteiger charge is 2.28. The number of nitrogens with zero attached hydrogens (tertiary/aromatic N) is 3. The van der Waals surface area contributed by atoms with Crippen LogP contribution < -0.4 is 10.6 Å². The quantitative estimate of drug-likeness (QED) is 0.447. The van der Waals surface area contributed by atoms with Gasteiger partial charge in [-0.25, -0.2) is 9.37 Å². The number of likely N-dealkylation sites (tertiary alicyclic amines) is 1. The Kier molecular flexibility index (Phi) is 7.41. The summed E-state index contributed by atoms with van der Waals surface area (Å²) in [5.41, 5.74) is 2.48. The first-order chi connectivity index (χ1) is 17.5. The largest absolute Gasteiger partial charge is 0.393 e. The van der Waals surface area contributed by atoms with Gasteiger partial charge in [-0.2, -0.15) is 4.98 Å². The lowest BCUT2D eigenvalue weighted by atomic mass is 9.89. The summed E-state index contributed by atoms with van der Waals surface area (Å²) in [5.74, 6) is 1.25. The van der Waals surface area contributed by atoms with Crippen molar-refractivity contribution in [1.29, 1.82) is 0 Å². The molecule has 8 heteroatoms. The molecule has 1 aliphatic carbocycles. The molecule has 0 bridgehead atoms. The van der Waals surface area contributed by atoms with Gasteiger partial charge < -0.3 is 20.6 Å². The fraction of sp³-hybridized carbons (Fsp3) is 0.393. The number of rotatable bonds is 6. The van der Waals surface area contributed by atoms with Crippen LogP contribution in [0.2, 0.25) is 0 Å².